The maximum atomic E-state index is 6.02. The number of anilines is 1. The van der Waals surface area contributed by atoms with Gasteiger partial charge in [0.05, 0.1) is 26.9 Å². The van der Waals surface area contributed by atoms with E-state index in [2.05, 4.69) is 77.0 Å². The van der Waals surface area contributed by atoms with Crippen molar-refractivity contribution < 1.29 is 14.2 Å². The summed E-state index contributed by atoms with van der Waals surface area (Å²) < 4.78 is 17.3. The molecule has 0 spiro atoms. The Bertz CT molecular complexity index is 1270. The molecule has 7 heteroatoms. The van der Waals surface area contributed by atoms with Gasteiger partial charge in [-0.05, 0) is 80.9 Å². The van der Waals surface area contributed by atoms with E-state index in [9.17, 15) is 0 Å². The maximum absolute atomic E-state index is 6.02. The summed E-state index contributed by atoms with van der Waals surface area (Å²) in [5.74, 6) is 2.26. The summed E-state index contributed by atoms with van der Waals surface area (Å²) in [5, 5.41) is 7.51. The van der Waals surface area contributed by atoms with E-state index in [0.29, 0.717) is 31.8 Å². The molecule has 1 unspecified atom stereocenters. The molecule has 5 rings (SSSR count). The quantitative estimate of drug-likeness (QED) is 0.237. The van der Waals surface area contributed by atoms with Crippen LogP contribution in [0.3, 0.4) is 0 Å². The van der Waals surface area contributed by atoms with Crippen LogP contribution in [0.1, 0.15) is 47.4 Å². The molecule has 3 aromatic rings. The first-order valence-electron chi connectivity index (χ1n) is 16.0. The van der Waals surface area contributed by atoms with Crippen LogP contribution >= 0.6 is 0 Å². The molecule has 2 aliphatic rings. The van der Waals surface area contributed by atoms with Crippen molar-refractivity contribution in [3.63, 3.8) is 0 Å². The fourth-order valence-electron chi connectivity index (χ4n) is 6.25. The average Bonchev–Trinajstić information content (AvgIpc) is 3.05. The molecule has 0 bridgehead atoms. The third-order valence-corrected chi connectivity index (χ3v) is 8.69. The Morgan fingerprint density at radius 1 is 1.02 bits per heavy atom. The highest BCUT2D eigenvalue weighted by atomic mass is 16.5. The first-order valence-corrected chi connectivity index (χ1v) is 16.0. The van der Waals surface area contributed by atoms with Gasteiger partial charge in [0.1, 0.15) is 11.5 Å². The van der Waals surface area contributed by atoms with Crippen molar-refractivity contribution in [2.45, 2.75) is 50.8 Å². The smallest absolute Gasteiger partial charge is 0.124 e. The third kappa shape index (κ3) is 8.96. The third-order valence-electron chi connectivity index (χ3n) is 8.69. The first kappa shape index (κ1) is 31.3. The van der Waals surface area contributed by atoms with Gasteiger partial charge < -0.3 is 34.6 Å². The van der Waals surface area contributed by atoms with Crippen molar-refractivity contribution in [2.24, 2.45) is 0 Å². The number of piperidine rings is 1. The van der Waals surface area contributed by atoms with Gasteiger partial charge in [-0.15, -0.1) is 0 Å². The molecule has 1 fully saturated rings. The van der Waals surface area contributed by atoms with Gasteiger partial charge in [-0.2, -0.15) is 0 Å². The van der Waals surface area contributed by atoms with Crippen LogP contribution < -0.4 is 25.0 Å². The highest BCUT2D eigenvalue weighted by Gasteiger charge is 2.26. The van der Waals surface area contributed by atoms with Crippen LogP contribution in [0.15, 0.2) is 66.7 Å². The Morgan fingerprint density at radius 2 is 1.88 bits per heavy atom. The van der Waals surface area contributed by atoms with E-state index in [1.165, 1.54) is 35.2 Å². The number of hydrogen-bond donors (Lipinski definition) is 2. The van der Waals surface area contributed by atoms with Crippen LogP contribution in [0.25, 0.3) is 0 Å². The highest BCUT2D eigenvalue weighted by Crippen LogP contribution is 2.30. The van der Waals surface area contributed by atoms with E-state index in [1.54, 1.807) is 7.11 Å². The van der Waals surface area contributed by atoms with Gasteiger partial charge in [0.15, 0.2) is 0 Å². The number of fused-ring (bicyclic) bond motifs is 1. The SMILES string of the molecule is COc1ccccc1COCCCOc1ccc([C@H]2CCNCC2NCc2ccc3c(c2)N(CCN(C)C)CCC3)cc1. The Balaban J connectivity index is 1.09. The van der Waals surface area contributed by atoms with Crippen LogP contribution in [0.2, 0.25) is 0 Å². The number of benzene rings is 3. The van der Waals surface area contributed by atoms with Crippen molar-refractivity contribution >= 4 is 5.69 Å². The first-order chi connectivity index (χ1) is 21.1. The van der Waals surface area contributed by atoms with Gasteiger partial charge in [-0.25, -0.2) is 0 Å². The van der Waals surface area contributed by atoms with Gasteiger partial charge >= 0.3 is 0 Å². The van der Waals surface area contributed by atoms with Gasteiger partial charge in [0.25, 0.3) is 0 Å². The van der Waals surface area contributed by atoms with E-state index in [1.807, 2.05) is 24.3 Å². The Kier molecular flexibility index (Phi) is 11.7. The summed E-state index contributed by atoms with van der Waals surface area (Å²) in [6, 6.07) is 24.2. The molecule has 2 atom stereocenters. The zero-order valence-corrected chi connectivity index (χ0v) is 26.3. The van der Waals surface area contributed by atoms with Crippen molar-refractivity contribution in [1.29, 1.82) is 0 Å². The number of ether oxygens (including phenoxy) is 3. The van der Waals surface area contributed by atoms with E-state index in [0.717, 1.165) is 69.2 Å². The molecule has 43 heavy (non-hydrogen) atoms. The number of likely N-dealkylation sites (N-methyl/N-ethyl adjacent to an activating group) is 1. The predicted molar refractivity (Wildman–Crippen MR) is 176 cm³/mol. The van der Waals surface area contributed by atoms with E-state index < -0.39 is 0 Å². The number of nitrogens with one attached hydrogen (secondary N) is 2. The van der Waals surface area contributed by atoms with Gasteiger partial charge in [-0.3, -0.25) is 0 Å². The highest BCUT2D eigenvalue weighted by molar-refractivity contribution is 5.57. The van der Waals surface area contributed by atoms with Crippen LogP contribution in [0, 0.1) is 0 Å². The second-order valence-electron chi connectivity index (χ2n) is 12.1. The largest absolute Gasteiger partial charge is 0.496 e. The molecule has 7 nitrogen and oxygen atoms in total. The second-order valence-corrected chi connectivity index (χ2v) is 12.1. The van der Waals surface area contributed by atoms with E-state index in [-0.39, 0.29) is 0 Å². The molecule has 1 saturated heterocycles. The summed E-state index contributed by atoms with van der Waals surface area (Å²) in [5.41, 5.74) is 6.75. The summed E-state index contributed by atoms with van der Waals surface area (Å²) in [6.07, 6.45) is 4.40. The van der Waals surface area contributed by atoms with E-state index in [4.69, 9.17) is 14.2 Å². The lowest BCUT2D eigenvalue weighted by atomic mass is 9.86. The summed E-state index contributed by atoms with van der Waals surface area (Å²) in [4.78, 5) is 4.85. The number of methoxy groups -OCH3 is 1. The van der Waals surface area contributed by atoms with Crippen molar-refractivity contribution in [3.8, 4) is 11.5 Å². The molecule has 2 N–H and O–H groups in total. The van der Waals surface area contributed by atoms with Crippen LogP contribution in [0.4, 0.5) is 5.69 Å². The van der Waals surface area contributed by atoms with Crippen LogP contribution in [-0.2, 0) is 24.3 Å². The monoisotopic (exact) mass is 586 g/mol. The van der Waals surface area contributed by atoms with Crippen molar-refractivity contribution in [1.82, 2.24) is 15.5 Å². The molecule has 2 aliphatic heterocycles. The number of para-hydroxylation sites is 1. The van der Waals surface area contributed by atoms with Crippen LogP contribution in [0.5, 0.6) is 11.5 Å². The molecule has 232 valence electrons. The molecule has 0 amide bonds. The molecule has 0 radical (unpaired) electrons. The zero-order valence-electron chi connectivity index (χ0n) is 26.3. The summed E-state index contributed by atoms with van der Waals surface area (Å²) in [6.45, 7) is 8.08. The molecule has 0 aromatic heterocycles. The molecular formula is C36H50N4O3. The normalized spacial score (nSPS) is 18.5. The Morgan fingerprint density at radius 3 is 2.72 bits per heavy atom. The van der Waals surface area contributed by atoms with E-state index >= 15 is 0 Å². The van der Waals surface area contributed by atoms with Crippen molar-refractivity contribution in [3.05, 3.63) is 89.0 Å². The van der Waals surface area contributed by atoms with Gasteiger partial charge in [0, 0.05) is 62.4 Å². The number of rotatable bonds is 15. The average molecular weight is 587 g/mol. The minimum atomic E-state index is 0.391. The lowest BCUT2D eigenvalue weighted by molar-refractivity contribution is 0.105. The molecule has 0 aliphatic carbocycles. The lowest BCUT2D eigenvalue weighted by Gasteiger charge is -2.34. The summed E-state index contributed by atoms with van der Waals surface area (Å²) >= 11 is 0. The maximum Gasteiger partial charge on any atom is 0.124 e. The Hall–Kier alpha value is -3.10. The molecular weight excluding hydrogens is 536 g/mol. The lowest BCUT2D eigenvalue weighted by Crippen LogP contribution is -2.47. The topological polar surface area (TPSA) is 58.2 Å². The molecule has 2 heterocycles. The number of hydrogen-bond acceptors (Lipinski definition) is 7. The fourth-order valence-corrected chi connectivity index (χ4v) is 6.25. The second kappa shape index (κ2) is 16.1. The van der Waals surface area contributed by atoms with Crippen molar-refractivity contribution in [2.75, 3.05) is 72.0 Å². The standard InChI is InChI=1S/C36H50N4O3/c1-39(2)20-21-40-19-6-9-30-12-11-28(24-35(30)40)25-38-34-26-37-18-17-33(34)29-13-15-32(16-14-29)43-23-7-22-42-27-31-8-4-5-10-36(31)41-3/h4-5,8,10-16,24,33-34,37-38H,6-7,9,17-23,25-27H2,1-3H3/t33-,34?/m1/s1. The fraction of sp³-hybridized carbons (Fsp3) is 0.500. The zero-order chi connectivity index (χ0) is 29.9. The molecule has 3 aromatic carbocycles. The minimum Gasteiger partial charge on any atom is -0.496 e. The number of nitrogens with zero attached hydrogens (tertiary/aromatic N) is 2. The predicted octanol–water partition coefficient (Wildman–Crippen LogP) is 5.23. The van der Waals surface area contributed by atoms with Crippen LogP contribution in [-0.4, -0.2) is 78.1 Å². The number of aryl methyl sites for hydroxylation is 1. The van der Waals surface area contributed by atoms with Gasteiger partial charge in [-0.1, -0.05) is 42.5 Å². The Labute approximate surface area is 258 Å². The molecule has 0 saturated carbocycles. The minimum absolute atomic E-state index is 0.391. The summed E-state index contributed by atoms with van der Waals surface area (Å²) in [7, 11) is 6.00. The van der Waals surface area contributed by atoms with Gasteiger partial charge in [0.2, 0.25) is 0 Å².